The van der Waals surface area contributed by atoms with Gasteiger partial charge in [-0.15, -0.1) is 11.3 Å². The molecule has 1 saturated heterocycles. The molecule has 100 valence electrons. The molecule has 0 bridgehead atoms. The van der Waals surface area contributed by atoms with Crippen LogP contribution in [0.25, 0.3) is 0 Å². The number of anilines is 1. The summed E-state index contributed by atoms with van der Waals surface area (Å²) in [6, 6.07) is 0. The highest BCUT2D eigenvalue weighted by Crippen LogP contribution is 2.24. The normalized spacial score (nSPS) is 15.7. The number of hydrogen-bond donors (Lipinski definition) is 0. The molecule has 1 fully saturated rings. The van der Waals surface area contributed by atoms with E-state index in [1.165, 1.54) is 11.5 Å². The minimum Gasteiger partial charge on any atom is -0.466 e. The van der Waals surface area contributed by atoms with Crippen molar-refractivity contribution in [2.75, 3.05) is 36.1 Å². The van der Waals surface area contributed by atoms with Crippen LogP contribution in [0.4, 0.5) is 5.13 Å². The van der Waals surface area contributed by atoms with Gasteiger partial charge in [0.25, 0.3) is 0 Å². The number of carbonyl (C=O) groups excluding carboxylic acids is 1. The van der Waals surface area contributed by atoms with Gasteiger partial charge >= 0.3 is 5.97 Å². The molecule has 0 aromatic carbocycles. The van der Waals surface area contributed by atoms with E-state index in [9.17, 15) is 4.79 Å². The first-order valence-corrected chi connectivity index (χ1v) is 8.25. The fourth-order valence-corrected chi connectivity index (χ4v) is 3.59. The Balaban J connectivity index is 1.83. The van der Waals surface area contributed by atoms with Crippen molar-refractivity contribution in [1.29, 1.82) is 0 Å². The van der Waals surface area contributed by atoms with Gasteiger partial charge in [-0.25, -0.2) is 4.98 Å². The van der Waals surface area contributed by atoms with Crippen LogP contribution in [-0.2, 0) is 16.0 Å². The predicted molar refractivity (Wildman–Crippen MR) is 76.6 cm³/mol. The van der Waals surface area contributed by atoms with E-state index in [-0.39, 0.29) is 5.97 Å². The van der Waals surface area contributed by atoms with Crippen molar-refractivity contribution in [3.8, 4) is 0 Å². The van der Waals surface area contributed by atoms with E-state index in [1.54, 1.807) is 11.3 Å². The lowest BCUT2D eigenvalue weighted by Gasteiger charge is -2.25. The fourth-order valence-electron chi connectivity index (χ4n) is 1.77. The lowest BCUT2D eigenvalue weighted by molar-refractivity contribution is -0.143. The standard InChI is InChI=1S/C12H18N2O2S2/c1-2-16-11(15)4-3-10-9-18-12(13-10)14-5-7-17-8-6-14/h9H,2-8H2,1H3. The summed E-state index contributed by atoms with van der Waals surface area (Å²) in [4.78, 5) is 18.2. The summed E-state index contributed by atoms with van der Waals surface area (Å²) >= 11 is 3.67. The molecular weight excluding hydrogens is 268 g/mol. The summed E-state index contributed by atoms with van der Waals surface area (Å²) < 4.78 is 4.91. The second kappa shape index (κ2) is 6.99. The first-order valence-electron chi connectivity index (χ1n) is 6.22. The fraction of sp³-hybridized carbons (Fsp3) is 0.667. The Morgan fingerprint density at radius 3 is 3.00 bits per heavy atom. The molecular formula is C12H18N2O2S2. The lowest BCUT2D eigenvalue weighted by atomic mass is 10.2. The highest BCUT2D eigenvalue weighted by molar-refractivity contribution is 7.99. The Bertz CT molecular complexity index is 389. The van der Waals surface area contributed by atoms with Gasteiger partial charge in [0.1, 0.15) is 0 Å². The van der Waals surface area contributed by atoms with Crippen LogP contribution in [-0.4, -0.2) is 42.2 Å². The molecule has 1 aromatic heterocycles. The van der Waals surface area contributed by atoms with Crippen LogP contribution >= 0.6 is 23.1 Å². The van der Waals surface area contributed by atoms with Crippen molar-refractivity contribution >= 4 is 34.2 Å². The van der Waals surface area contributed by atoms with E-state index < -0.39 is 0 Å². The van der Waals surface area contributed by atoms with E-state index >= 15 is 0 Å². The molecule has 0 saturated carbocycles. The van der Waals surface area contributed by atoms with Gasteiger partial charge in [0.05, 0.1) is 18.7 Å². The first-order chi connectivity index (χ1) is 8.79. The van der Waals surface area contributed by atoms with Gasteiger partial charge in [-0.2, -0.15) is 11.8 Å². The summed E-state index contributed by atoms with van der Waals surface area (Å²) in [5.41, 5.74) is 1.00. The first kappa shape index (κ1) is 13.7. The minimum absolute atomic E-state index is 0.138. The van der Waals surface area contributed by atoms with Gasteiger partial charge in [-0.3, -0.25) is 4.79 Å². The van der Waals surface area contributed by atoms with E-state index in [4.69, 9.17) is 4.74 Å². The number of rotatable bonds is 5. The van der Waals surface area contributed by atoms with Crippen molar-refractivity contribution in [2.45, 2.75) is 19.8 Å². The van der Waals surface area contributed by atoms with Crippen LogP contribution in [0.5, 0.6) is 0 Å². The quantitative estimate of drug-likeness (QED) is 0.776. The Morgan fingerprint density at radius 2 is 2.28 bits per heavy atom. The van der Waals surface area contributed by atoms with Crippen LogP contribution in [0, 0.1) is 0 Å². The third-order valence-electron chi connectivity index (χ3n) is 2.71. The zero-order valence-corrected chi connectivity index (χ0v) is 12.2. The number of thiazole rings is 1. The van der Waals surface area contributed by atoms with E-state index in [2.05, 4.69) is 15.3 Å². The molecule has 0 N–H and O–H groups in total. The monoisotopic (exact) mass is 286 g/mol. The van der Waals surface area contributed by atoms with Crippen molar-refractivity contribution in [3.63, 3.8) is 0 Å². The molecule has 0 unspecified atom stereocenters. The third kappa shape index (κ3) is 3.88. The molecule has 4 nitrogen and oxygen atoms in total. The van der Waals surface area contributed by atoms with Crippen LogP contribution in [0.2, 0.25) is 0 Å². The number of hydrogen-bond acceptors (Lipinski definition) is 6. The topological polar surface area (TPSA) is 42.4 Å². The van der Waals surface area contributed by atoms with Crippen molar-refractivity contribution in [1.82, 2.24) is 4.98 Å². The molecule has 2 rings (SSSR count). The number of carbonyl (C=O) groups is 1. The second-order valence-electron chi connectivity index (χ2n) is 4.03. The zero-order valence-electron chi connectivity index (χ0n) is 10.6. The number of aryl methyl sites for hydroxylation is 1. The summed E-state index contributed by atoms with van der Waals surface area (Å²) in [6.45, 7) is 4.44. The SMILES string of the molecule is CCOC(=O)CCc1csc(N2CCSCC2)n1. The van der Waals surface area contributed by atoms with Gasteiger partial charge in [-0.1, -0.05) is 0 Å². The van der Waals surface area contributed by atoms with Crippen molar-refractivity contribution < 1.29 is 9.53 Å². The zero-order chi connectivity index (χ0) is 12.8. The van der Waals surface area contributed by atoms with Crippen molar-refractivity contribution in [3.05, 3.63) is 11.1 Å². The predicted octanol–water partition coefficient (Wildman–Crippen LogP) is 2.19. The number of thioether (sulfide) groups is 1. The molecule has 1 aliphatic rings. The van der Waals surface area contributed by atoms with Crippen LogP contribution < -0.4 is 4.90 Å². The van der Waals surface area contributed by atoms with Crippen LogP contribution in [0.3, 0.4) is 0 Å². The lowest BCUT2D eigenvalue weighted by Crippen LogP contribution is -2.32. The Kier molecular flexibility index (Phi) is 5.31. The maximum absolute atomic E-state index is 11.3. The highest BCUT2D eigenvalue weighted by Gasteiger charge is 2.14. The number of ether oxygens (including phenoxy) is 1. The maximum atomic E-state index is 11.3. The second-order valence-corrected chi connectivity index (χ2v) is 6.09. The van der Waals surface area contributed by atoms with Gasteiger partial charge in [0.2, 0.25) is 0 Å². The molecule has 1 aliphatic heterocycles. The Hall–Kier alpha value is -0.750. The highest BCUT2D eigenvalue weighted by atomic mass is 32.2. The molecule has 18 heavy (non-hydrogen) atoms. The average Bonchev–Trinajstić information content (AvgIpc) is 2.87. The van der Waals surface area contributed by atoms with Gasteiger partial charge in [0, 0.05) is 36.4 Å². The third-order valence-corrected chi connectivity index (χ3v) is 4.60. The minimum atomic E-state index is -0.138. The molecule has 0 amide bonds. The number of aromatic nitrogens is 1. The summed E-state index contributed by atoms with van der Waals surface area (Å²) in [7, 11) is 0. The molecule has 0 atom stereocenters. The molecule has 6 heteroatoms. The number of nitrogens with zero attached hydrogens (tertiary/aromatic N) is 2. The molecule has 0 aliphatic carbocycles. The van der Waals surface area contributed by atoms with Gasteiger partial charge in [-0.05, 0) is 6.92 Å². The Morgan fingerprint density at radius 1 is 1.50 bits per heavy atom. The van der Waals surface area contributed by atoms with E-state index in [0.29, 0.717) is 19.4 Å². The average molecular weight is 286 g/mol. The molecule has 2 heterocycles. The maximum Gasteiger partial charge on any atom is 0.306 e. The van der Waals surface area contributed by atoms with Crippen LogP contribution in [0.15, 0.2) is 5.38 Å². The van der Waals surface area contributed by atoms with E-state index in [0.717, 1.165) is 23.9 Å². The smallest absolute Gasteiger partial charge is 0.306 e. The Labute approximate surface area is 116 Å². The summed E-state index contributed by atoms with van der Waals surface area (Å²) in [5, 5.41) is 3.14. The molecule has 0 spiro atoms. The largest absolute Gasteiger partial charge is 0.466 e. The molecule has 1 aromatic rings. The number of esters is 1. The summed E-state index contributed by atoms with van der Waals surface area (Å²) in [5.74, 6) is 2.22. The van der Waals surface area contributed by atoms with Gasteiger partial charge in [0.15, 0.2) is 5.13 Å². The molecule has 0 radical (unpaired) electrons. The van der Waals surface area contributed by atoms with Crippen molar-refractivity contribution in [2.24, 2.45) is 0 Å². The summed E-state index contributed by atoms with van der Waals surface area (Å²) in [6.07, 6.45) is 1.10. The van der Waals surface area contributed by atoms with Gasteiger partial charge < -0.3 is 9.64 Å². The van der Waals surface area contributed by atoms with E-state index in [1.807, 2.05) is 18.7 Å². The van der Waals surface area contributed by atoms with Crippen LogP contribution in [0.1, 0.15) is 19.0 Å².